The Hall–Kier alpha value is -3.22. The molecule has 1 N–H and O–H groups in total. The Morgan fingerprint density at radius 2 is 1.89 bits per heavy atom. The van der Waals surface area contributed by atoms with E-state index in [0.717, 1.165) is 40.7 Å². The van der Waals surface area contributed by atoms with Gasteiger partial charge in [0.15, 0.2) is 0 Å². The Kier molecular flexibility index (Phi) is 6.82. The van der Waals surface area contributed by atoms with Gasteiger partial charge >= 0.3 is 5.97 Å². The molecule has 2 aromatic carbocycles. The Balaban J connectivity index is 1.57. The van der Waals surface area contributed by atoms with E-state index in [-0.39, 0.29) is 18.0 Å². The summed E-state index contributed by atoms with van der Waals surface area (Å²) in [4.78, 5) is 32.8. The number of benzene rings is 2. The fraction of sp³-hybridized carbons (Fsp3) is 0.276. The first-order valence-corrected chi connectivity index (χ1v) is 13.3. The fourth-order valence-corrected chi connectivity index (χ4v) is 6.15. The SMILES string of the molecule is CC(C)OC(=O)c1c(NC(=O)c2cc(-c3ccc(Cl)cc3)nc3ccccc23)sc2c1CC[C@@H](C)C2. The van der Waals surface area contributed by atoms with Crippen LogP contribution in [0.25, 0.3) is 22.2 Å². The number of para-hydroxylation sites is 1. The number of ether oxygens (including phenoxy) is 1. The molecular weight excluding hydrogens is 492 g/mol. The van der Waals surface area contributed by atoms with Gasteiger partial charge in [-0.1, -0.05) is 48.9 Å². The average Bonchev–Trinajstić information content (AvgIpc) is 3.20. The van der Waals surface area contributed by atoms with Gasteiger partial charge in [-0.25, -0.2) is 9.78 Å². The number of amides is 1. The molecule has 0 radical (unpaired) electrons. The van der Waals surface area contributed by atoms with Crippen molar-refractivity contribution in [1.82, 2.24) is 4.98 Å². The molecule has 0 saturated heterocycles. The van der Waals surface area contributed by atoms with Crippen LogP contribution in [0.5, 0.6) is 0 Å². The molecule has 5 nitrogen and oxygen atoms in total. The topological polar surface area (TPSA) is 68.3 Å². The summed E-state index contributed by atoms with van der Waals surface area (Å²) < 4.78 is 5.57. The summed E-state index contributed by atoms with van der Waals surface area (Å²) in [6, 6.07) is 16.7. The molecule has 0 unspecified atom stereocenters. The van der Waals surface area contributed by atoms with Gasteiger partial charge < -0.3 is 10.1 Å². The van der Waals surface area contributed by atoms with Crippen molar-refractivity contribution >= 4 is 50.7 Å². The molecule has 2 aromatic heterocycles. The number of rotatable bonds is 5. The van der Waals surface area contributed by atoms with Crippen LogP contribution in [0, 0.1) is 5.92 Å². The van der Waals surface area contributed by atoms with Crippen LogP contribution in [0.1, 0.15) is 58.3 Å². The number of nitrogens with one attached hydrogen (secondary N) is 1. The highest BCUT2D eigenvalue weighted by Crippen LogP contribution is 2.40. The number of aromatic nitrogens is 1. The van der Waals surface area contributed by atoms with Gasteiger partial charge in [-0.3, -0.25) is 4.79 Å². The molecule has 7 heteroatoms. The Morgan fingerprint density at radius 3 is 2.64 bits per heavy atom. The van der Waals surface area contributed by atoms with Crippen molar-refractivity contribution in [2.45, 2.75) is 46.1 Å². The molecule has 0 spiro atoms. The number of nitrogens with zero attached hydrogens (tertiary/aromatic N) is 1. The van der Waals surface area contributed by atoms with E-state index in [1.807, 2.05) is 50.2 Å². The van der Waals surface area contributed by atoms with Crippen LogP contribution in [0.15, 0.2) is 54.6 Å². The van der Waals surface area contributed by atoms with E-state index in [0.29, 0.717) is 38.3 Å². The lowest BCUT2D eigenvalue weighted by Gasteiger charge is -2.19. The highest BCUT2D eigenvalue weighted by molar-refractivity contribution is 7.17. The number of esters is 1. The molecule has 2 heterocycles. The lowest BCUT2D eigenvalue weighted by atomic mass is 9.88. The molecule has 4 aromatic rings. The number of halogens is 1. The maximum absolute atomic E-state index is 13.7. The minimum atomic E-state index is -0.381. The zero-order valence-corrected chi connectivity index (χ0v) is 22.0. The van der Waals surface area contributed by atoms with Gasteiger partial charge in [0.2, 0.25) is 0 Å². The average molecular weight is 519 g/mol. The highest BCUT2D eigenvalue weighted by Gasteiger charge is 2.30. The minimum Gasteiger partial charge on any atom is -0.459 e. The van der Waals surface area contributed by atoms with Crippen LogP contribution in [-0.2, 0) is 17.6 Å². The molecule has 5 rings (SSSR count). The second kappa shape index (κ2) is 10.0. The molecule has 1 aliphatic carbocycles. The second-order valence-electron chi connectivity index (χ2n) is 9.54. The smallest absolute Gasteiger partial charge is 0.341 e. The third-order valence-corrected chi connectivity index (χ3v) is 7.81. The van der Waals surface area contributed by atoms with Gasteiger partial charge in [0.1, 0.15) is 5.00 Å². The van der Waals surface area contributed by atoms with Gasteiger partial charge in [0.25, 0.3) is 5.91 Å². The van der Waals surface area contributed by atoms with Crippen molar-refractivity contribution in [2.75, 3.05) is 5.32 Å². The molecule has 0 saturated carbocycles. The van der Waals surface area contributed by atoms with Crippen LogP contribution in [-0.4, -0.2) is 23.0 Å². The summed E-state index contributed by atoms with van der Waals surface area (Å²) in [5.41, 5.74) is 4.26. The van der Waals surface area contributed by atoms with Crippen molar-refractivity contribution in [3.63, 3.8) is 0 Å². The number of carbonyl (C=O) groups excluding carboxylic acids is 2. The summed E-state index contributed by atoms with van der Waals surface area (Å²) in [5.74, 6) is -0.123. The Bertz CT molecular complexity index is 1460. The summed E-state index contributed by atoms with van der Waals surface area (Å²) in [5, 5.41) is 5.00. The van der Waals surface area contributed by atoms with E-state index in [1.54, 1.807) is 18.2 Å². The number of pyridine rings is 1. The van der Waals surface area contributed by atoms with Crippen LogP contribution in [0.2, 0.25) is 5.02 Å². The molecule has 184 valence electrons. The standard InChI is InChI=1S/C29H27ClN2O3S/c1-16(2)35-29(34)26-21-13-8-17(3)14-25(21)36-28(26)32-27(33)22-15-24(18-9-11-19(30)12-10-18)31-23-7-5-4-6-20(22)23/h4-7,9-12,15-17H,8,13-14H2,1-3H3,(H,32,33)/t17-/m1/s1. The zero-order chi connectivity index (χ0) is 25.4. The minimum absolute atomic E-state index is 0.245. The maximum Gasteiger partial charge on any atom is 0.341 e. The number of hydrogen-bond acceptors (Lipinski definition) is 5. The first-order chi connectivity index (χ1) is 17.3. The summed E-state index contributed by atoms with van der Waals surface area (Å²) >= 11 is 7.56. The predicted molar refractivity (Wildman–Crippen MR) is 146 cm³/mol. The fourth-order valence-electron chi connectivity index (χ4n) is 4.63. The molecule has 1 aliphatic rings. The number of thiophene rings is 1. The maximum atomic E-state index is 13.7. The van der Waals surface area contributed by atoms with Crippen molar-refractivity contribution in [3.05, 3.63) is 81.2 Å². The Morgan fingerprint density at radius 1 is 1.14 bits per heavy atom. The van der Waals surface area contributed by atoms with Crippen LogP contribution < -0.4 is 5.32 Å². The van der Waals surface area contributed by atoms with E-state index in [1.165, 1.54) is 11.3 Å². The normalized spacial score (nSPS) is 15.1. The quantitative estimate of drug-likeness (QED) is 0.277. The third-order valence-electron chi connectivity index (χ3n) is 6.39. The third kappa shape index (κ3) is 4.88. The molecule has 36 heavy (non-hydrogen) atoms. The van der Waals surface area contributed by atoms with Crippen molar-refractivity contribution < 1.29 is 14.3 Å². The molecule has 0 bridgehead atoms. The number of fused-ring (bicyclic) bond motifs is 2. The van der Waals surface area contributed by atoms with Gasteiger partial charge in [0, 0.05) is 20.8 Å². The van der Waals surface area contributed by atoms with Crippen LogP contribution in [0.4, 0.5) is 5.00 Å². The van der Waals surface area contributed by atoms with Crippen LogP contribution >= 0.6 is 22.9 Å². The van der Waals surface area contributed by atoms with E-state index >= 15 is 0 Å². The van der Waals surface area contributed by atoms with E-state index in [2.05, 4.69) is 12.2 Å². The van der Waals surface area contributed by atoms with E-state index < -0.39 is 0 Å². The van der Waals surface area contributed by atoms with Gasteiger partial charge in [-0.2, -0.15) is 0 Å². The second-order valence-corrected chi connectivity index (χ2v) is 11.1. The summed E-state index contributed by atoms with van der Waals surface area (Å²) in [6.45, 7) is 5.88. The van der Waals surface area contributed by atoms with E-state index in [9.17, 15) is 9.59 Å². The first kappa shape index (κ1) is 24.5. The first-order valence-electron chi connectivity index (χ1n) is 12.1. The number of anilines is 1. The number of hydrogen-bond donors (Lipinski definition) is 1. The summed E-state index contributed by atoms with van der Waals surface area (Å²) in [6.07, 6.45) is 2.48. The van der Waals surface area contributed by atoms with Crippen molar-refractivity contribution in [2.24, 2.45) is 5.92 Å². The van der Waals surface area contributed by atoms with E-state index in [4.69, 9.17) is 21.3 Å². The predicted octanol–water partition coefficient (Wildman–Crippen LogP) is 7.56. The molecule has 1 atom stereocenters. The lowest BCUT2D eigenvalue weighted by Crippen LogP contribution is -2.19. The van der Waals surface area contributed by atoms with Gasteiger partial charge in [-0.15, -0.1) is 11.3 Å². The summed E-state index contributed by atoms with van der Waals surface area (Å²) in [7, 11) is 0. The van der Waals surface area contributed by atoms with Crippen molar-refractivity contribution in [3.8, 4) is 11.3 Å². The zero-order valence-electron chi connectivity index (χ0n) is 20.4. The van der Waals surface area contributed by atoms with Gasteiger partial charge in [0.05, 0.1) is 28.4 Å². The highest BCUT2D eigenvalue weighted by atomic mass is 35.5. The molecule has 1 amide bonds. The monoisotopic (exact) mass is 518 g/mol. The number of carbonyl (C=O) groups is 2. The van der Waals surface area contributed by atoms with Gasteiger partial charge in [-0.05, 0) is 68.9 Å². The molecular formula is C29H27ClN2O3S. The largest absolute Gasteiger partial charge is 0.459 e. The lowest BCUT2D eigenvalue weighted by molar-refractivity contribution is 0.0378. The molecule has 0 aliphatic heterocycles. The Labute approximate surface area is 219 Å². The molecule has 0 fully saturated rings. The van der Waals surface area contributed by atoms with Crippen molar-refractivity contribution in [1.29, 1.82) is 0 Å². The van der Waals surface area contributed by atoms with Crippen LogP contribution in [0.3, 0.4) is 0 Å².